The molecule has 0 saturated heterocycles. The van der Waals surface area contributed by atoms with Crippen molar-refractivity contribution in [2.24, 2.45) is 4.99 Å². The van der Waals surface area contributed by atoms with Gasteiger partial charge in [0.05, 0.1) is 13.2 Å². The lowest BCUT2D eigenvalue weighted by Gasteiger charge is -2.24. The lowest BCUT2D eigenvalue weighted by Crippen LogP contribution is -2.44. The number of ether oxygens (including phenoxy) is 1. The second-order valence-corrected chi connectivity index (χ2v) is 5.97. The van der Waals surface area contributed by atoms with Gasteiger partial charge in [0.15, 0.2) is 5.96 Å². The number of nitrogens with one attached hydrogen (secondary N) is 2. The molecular weight excluding hydrogens is 288 g/mol. The van der Waals surface area contributed by atoms with Gasteiger partial charge in [-0.2, -0.15) is 0 Å². The Balaban J connectivity index is 2.52. The number of benzene rings is 1. The maximum atomic E-state index is 5.16. The van der Waals surface area contributed by atoms with Crippen LogP contribution in [0.2, 0.25) is 0 Å². The van der Waals surface area contributed by atoms with E-state index in [0.29, 0.717) is 12.6 Å². The van der Waals surface area contributed by atoms with Crippen LogP contribution in [0.1, 0.15) is 26.3 Å². The molecule has 5 nitrogen and oxygen atoms in total. The van der Waals surface area contributed by atoms with Gasteiger partial charge >= 0.3 is 0 Å². The summed E-state index contributed by atoms with van der Waals surface area (Å²) in [6.07, 6.45) is 0. The first-order chi connectivity index (χ1) is 11.1. The van der Waals surface area contributed by atoms with Gasteiger partial charge in [-0.25, -0.2) is 0 Å². The normalized spacial score (nSPS) is 14.6. The van der Waals surface area contributed by atoms with E-state index in [4.69, 9.17) is 9.73 Å². The molecule has 2 atom stereocenters. The van der Waals surface area contributed by atoms with E-state index in [9.17, 15) is 0 Å². The average molecular weight is 320 g/mol. The molecule has 0 heterocycles. The molecular formula is C18H32N4O. The van der Waals surface area contributed by atoms with Gasteiger partial charge in [-0.1, -0.05) is 30.3 Å². The van der Waals surface area contributed by atoms with Gasteiger partial charge in [-0.15, -0.1) is 0 Å². The smallest absolute Gasteiger partial charge is 0.191 e. The third-order valence-electron chi connectivity index (χ3n) is 3.68. The van der Waals surface area contributed by atoms with Crippen LogP contribution in [0.4, 0.5) is 0 Å². The number of guanidine groups is 1. The highest BCUT2D eigenvalue weighted by Crippen LogP contribution is 2.06. The predicted molar refractivity (Wildman–Crippen MR) is 97.8 cm³/mol. The van der Waals surface area contributed by atoms with Crippen molar-refractivity contribution in [2.75, 3.05) is 33.9 Å². The number of nitrogens with zero attached hydrogens (tertiary/aromatic N) is 2. The number of methoxy groups -OCH3 is 1. The maximum Gasteiger partial charge on any atom is 0.191 e. The van der Waals surface area contributed by atoms with E-state index >= 15 is 0 Å². The Bertz CT molecular complexity index is 450. The minimum Gasteiger partial charge on any atom is -0.383 e. The van der Waals surface area contributed by atoms with Gasteiger partial charge in [-0.05, 0) is 33.4 Å². The van der Waals surface area contributed by atoms with E-state index in [0.717, 1.165) is 25.6 Å². The second kappa shape index (κ2) is 11.0. The molecule has 0 bridgehead atoms. The lowest BCUT2D eigenvalue weighted by molar-refractivity contribution is 0.179. The van der Waals surface area contributed by atoms with Crippen molar-refractivity contribution in [1.82, 2.24) is 15.5 Å². The second-order valence-electron chi connectivity index (χ2n) is 5.97. The van der Waals surface area contributed by atoms with Crippen LogP contribution in [-0.4, -0.2) is 56.8 Å². The minimum absolute atomic E-state index is 0.232. The summed E-state index contributed by atoms with van der Waals surface area (Å²) >= 11 is 0. The highest BCUT2D eigenvalue weighted by Gasteiger charge is 2.10. The summed E-state index contributed by atoms with van der Waals surface area (Å²) in [6, 6.07) is 11.1. The molecule has 0 aliphatic carbocycles. The van der Waals surface area contributed by atoms with Crippen LogP contribution in [0.3, 0.4) is 0 Å². The Morgan fingerprint density at radius 2 is 1.96 bits per heavy atom. The quantitative estimate of drug-likeness (QED) is 0.540. The molecule has 0 radical (unpaired) electrons. The molecule has 2 N–H and O–H groups in total. The first kappa shape index (κ1) is 19.5. The maximum absolute atomic E-state index is 5.16. The molecule has 23 heavy (non-hydrogen) atoms. The van der Waals surface area contributed by atoms with E-state index in [-0.39, 0.29) is 6.04 Å². The number of rotatable bonds is 9. The summed E-state index contributed by atoms with van der Waals surface area (Å²) in [6.45, 7) is 9.55. The van der Waals surface area contributed by atoms with Gasteiger partial charge in [0.25, 0.3) is 0 Å². The minimum atomic E-state index is 0.232. The van der Waals surface area contributed by atoms with Crippen molar-refractivity contribution < 1.29 is 4.74 Å². The Morgan fingerprint density at radius 3 is 2.57 bits per heavy atom. The molecule has 1 aromatic rings. The number of hydrogen-bond acceptors (Lipinski definition) is 3. The Morgan fingerprint density at radius 1 is 1.26 bits per heavy atom. The van der Waals surface area contributed by atoms with Crippen molar-refractivity contribution in [2.45, 2.75) is 39.4 Å². The fourth-order valence-corrected chi connectivity index (χ4v) is 2.24. The van der Waals surface area contributed by atoms with Crippen molar-refractivity contribution in [3.05, 3.63) is 35.9 Å². The molecule has 0 spiro atoms. The molecule has 5 heteroatoms. The molecule has 2 unspecified atom stereocenters. The van der Waals surface area contributed by atoms with Gasteiger partial charge in [0.1, 0.15) is 0 Å². The summed E-state index contributed by atoms with van der Waals surface area (Å²) in [5.74, 6) is 0.844. The van der Waals surface area contributed by atoms with Crippen LogP contribution in [0, 0.1) is 0 Å². The SMILES string of the molecule is CCNC(=NCC(C)N(C)Cc1ccccc1)NC(C)COC. The molecule has 0 aliphatic rings. The zero-order valence-corrected chi connectivity index (χ0v) is 15.2. The molecule has 0 aliphatic heterocycles. The Hall–Kier alpha value is -1.59. The predicted octanol–water partition coefficient (Wildman–Crippen LogP) is 2.10. The fraction of sp³-hybridized carbons (Fsp3) is 0.611. The molecule has 1 rings (SSSR count). The van der Waals surface area contributed by atoms with E-state index in [1.807, 2.05) is 6.07 Å². The summed E-state index contributed by atoms with van der Waals surface area (Å²) in [5, 5.41) is 6.64. The molecule has 0 aromatic heterocycles. The van der Waals surface area contributed by atoms with Crippen LogP contribution >= 0.6 is 0 Å². The van der Waals surface area contributed by atoms with Crippen molar-refractivity contribution in [1.29, 1.82) is 0 Å². The van der Waals surface area contributed by atoms with Crippen molar-refractivity contribution >= 4 is 5.96 Å². The van der Waals surface area contributed by atoms with Crippen LogP contribution in [0.15, 0.2) is 35.3 Å². The number of aliphatic imine (C=N–C) groups is 1. The molecule has 0 fully saturated rings. The highest BCUT2D eigenvalue weighted by molar-refractivity contribution is 5.80. The zero-order valence-electron chi connectivity index (χ0n) is 15.2. The topological polar surface area (TPSA) is 48.9 Å². The highest BCUT2D eigenvalue weighted by atomic mass is 16.5. The molecule has 0 saturated carbocycles. The van der Waals surface area contributed by atoms with Crippen LogP contribution in [0.5, 0.6) is 0 Å². The van der Waals surface area contributed by atoms with Crippen molar-refractivity contribution in [3.63, 3.8) is 0 Å². The van der Waals surface area contributed by atoms with Crippen LogP contribution in [0.25, 0.3) is 0 Å². The third-order valence-corrected chi connectivity index (χ3v) is 3.68. The van der Waals surface area contributed by atoms with Gasteiger partial charge < -0.3 is 15.4 Å². The Labute approximate surface area is 141 Å². The van der Waals surface area contributed by atoms with E-state index in [1.165, 1.54) is 5.56 Å². The number of hydrogen-bond donors (Lipinski definition) is 2. The van der Waals surface area contributed by atoms with E-state index in [2.05, 4.69) is 67.6 Å². The van der Waals surface area contributed by atoms with E-state index < -0.39 is 0 Å². The first-order valence-corrected chi connectivity index (χ1v) is 8.34. The van der Waals surface area contributed by atoms with Crippen molar-refractivity contribution in [3.8, 4) is 0 Å². The summed E-state index contributed by atoms with van der Waals surface area (Å²) in [4.78, 5) is 7.02. The monoisotopic (exact) mass is 320 g/mol. The third kappa shape index (κ3) is 8.00. The van der Waals surface area contributed by atoms with Gasteiger partial charge in [0, 0.05) is 32.3 Å². The van der Waals surface area contributed by atoms with Gasteiger partial charge in [0.2, 0.25) is 0 Å². The number of likely N-dealkylation sites (N-methyl/N-ethyl adjacent to an activating group) is 1. The molecule has 1 aromatic carbocycles. The van der Waals surface area contributed by atoms with Crippen LogP contribution < -0.4 is 10.6 Å². The summed E-state index contributed by atoms with van der Waals surface area (Å²) in [7, 11) is 3.85. The van der Waals surface area contributed by atoms with E-state index in [1.54, 1.807) is 7.11 Å². The molecule has 0 amide bonds. The largest absolute Gasteiger partial charge is 0.383 e. The Kier molecular flexibility index (Phi) is 9.33. The summed E-state index contributed by atoms with van der Waals surface area (Å²) in [5.41, 5.74) is 1.32. The van der Waals surface area contributed by atoms with Crippen LogP contribution in [-0.2, 0) is 11.3 Å². The van der Waals surface area contributed by atoms with Gasteiger partial charge in [-0.3, -0.25) is 9.89 Å². The zero-order chi connectivity index (χ0) is 17.1. The summed E-state index contributed by atoms with van der Waals surface area (Å²) < 4.78 is 5.16. The average Bonchev–Trinajstić information content (AvgIpc) is 2.53. The standard InChI is InChI=1S/C18H32N4O/c1-6-19-18(21-15(2)14-23-5)20-12-16(3)22(4)13-17-10-8-7-9-11-17/h7-11,15-16H,6,12-14H2,1-5H3,(H2,19,20,21). The molecule has 130 valence electrons. The fourth-order valence-electron chi connectivity index (χ4n) is 2.24. The first-order valence-electron chi connectivity index (χ1n) is 8.34. The lowest BCUT2D eigenvalue weighted by atomic mass is 10.2.